The molecule has 1 aliphatic rings. The van der Waals surface area contributed by atoms with Gasteiger partial charge in [0, 0.05) is 31.5 Å². The second kappa shape index (κ2) is 7.49. The average molecular weight is 261 g/mol. The lowest BCUT2D eigenvalue weighted by atomic mass is 10.0. The predicted molar refractivity (Wildman–Crippen MR) is 81.5 cm³/mol. The van der Waals surface area contributed by atoms with Gasteiger partial charge in [-0.05, 0) is 43.9 Å². The first-order chi connectivity index (χ1) is 9.33. The van der Waals surface area contributed by atoms with E-state index in [1.54, 1.807) is 0 Å². The number of rotatable bonds is 7. The second-order valence-electron chi connectivity index (χ2n) is 5.57. The first-order valence-corrected chi connectivity index (χ1v) is 7.74. The first kappa shape index (κ1) is 14.3. The summed E-state index contributed by atoms with van der Waals surface area (Å²) in [5.74, 6) is 0.889. The van der Waals surface area contributed by atoms with Crippen molar-refractivity contribution in [3.8, 4) is 0 Å². The first-order valence-electron chi connectivity index (χ1n) is 7.74. The molecule has 0 amide bonds. The highest BCUT2D eigenvalue weighted by Crippen LogP contribution is 2.26. The van der Waals surface area contributed by atoms with Gasteiger partial charge >= 0.3 is 0 Å². The van der Waals surface area contributed by atoms with E-state index in [4.69, 9.17) is 0 Å². The average Bonchev–Trinajstić information content (AvgIpc) is 2.89. The van der Waals surface area contributed by atoms with E-state index in [1.165, 1.54) is 44.5 Å². The van der Waals surface area contributed by atoms with E-state index >= 15 is 0 Å². The molecule has 1 saturated heterocycles. The molecular weight excluding hydrogens is 234 g/mol. The molecule has 0 aromatic carbocycles. The zero-order valence-corrected chi connectivity index (χ0v) is 12.4. The third-order valence-corrected chi connectivity index (χ3v) is 3.88. The predicted octanol–water partition coefficient (Wildman–Crippen LogP) is 3.21. The Morgan fingerprint density at radius 3 is 3.05 bits per heavy atom. The Bertz CT molecular complexity index is 378. The lowest BCUT2D eigenvalue weighted by Crippen LogP contribution is -2.20. The lowest BCUT2D eigenvalue weighted by Gasteiger charge is -2.19. The summed E-state index contributed by atoms with van der Waals surface area (Å²) >= 11 is 0. The van der Waals surface area contributed by atoms with E-state index in [-0.39, 0.29) is 0 Å². The summed E-state index contributed by atoms with van der Waals surface area (Å²) in [5.41, 5.74) is 2.51. The van der Waals surface area contributed by atoms with E-state index in [9.17, 15) is 0 Å². The number of nitrogens with zero attached hydrogens (tertiary/aromatic N) is 2. The normalized spacial score (nSPS) is 19.1. The van der Waals surface area contributed by atoms with Crippen LogP contribution in [0.4, 0.5) is 5.69 Å². The van der Waals surface area contributed by atoms with Crippen molar-refractivity contribution in [3.63, 3.8) is 0 Å². The fourth-order valence-corrected chi connectivity index (χ4v) is 2.86. The molecule has 0 saturated carbocycles. The van der Waals surface area contributed by atoms with E-state index in [0.717, 1.165) is 24.7 Å². The van der Waals surface area contributed by atoms with Gasteiger partial charge in [0.1, 0.15) is 0 Å². The van der Waals surface area contributed by atoms with E-state index < -0.39 is 0 Å². The number of hydrogen-bond donors (Lipinski definition) is 1. The monoisotopic (exact) mass is 261 g/mol. The van der Waals surface area contributed by atoms with Crippen LogP contribution in [0, 0.1) is 5.92 Å². The van der Waals surface area contributed by atoms with Crippen LogP contribution < -0.4 is 10.2 Å². The van der Waals surface area contributed by atoms with Crippen LogP contribution in [0.3, 0.4) is 0 Å². The van der Waals surface area contributed by atoms with Gasteiger partial charge in [-0.15, -0.1) is 0 Å². The summed E-state index contributed by atoms with van der Waals surface area (Å²) in [6, 6.07) is 4.40. The lowest BCUT2D eigenvalue weighted by molar-refractivity contribution is 0.530. The molecule has 1 aromatic heterocycles. The topological polar surface area (TPSA) is 28.2 Å². The van der Waals surface area contributed by atoms with Crippen LogP contribution in [-0.2, 0) is 6.54 Å². The summed E-state index contributed by atoms with van der Waals surface area (Å²) in [6.45, 7) is 8.85. The maximum atomic E-state index is 4.45. The summed E-state index contributed by atoms with van der Waals surface area (Å²) in [5, 5.41) is 3.42. The Hall–Kier alpha value is -1.09. The van der Waals surface area contributed by atoms with Crippen molar-refractivity contribution < 1.29 is 0 Å². The van der Waals surface area contributed by atoms with E-state index in [2.05, 4.69) is 41.2 Å². The van der Waals surface area contributed by atoms with Crippen LogP contribution in [-0.4, -0.2) is 24.6 Å². The van der Waals surface area contributed by atoms with Gasteiger partial charge in [0.15, 0.2) is 0 Å². The molecule has 0 bridgehead atoms. The SMILES string of the molecule is CCCNCc1cc(N2CCC(CCC)C2)ccn1. The van der Waals surface area contributed by atoms with Crippen molar-refractivity contribution >= 4 is 5.69 Å². The second-order valence-corrected chi connectivity index (χ2v) is 5.57. The van der Waals surface area contributed by atoms with Gasteiger partial charge in [0.2, 0.25) is 0 Å². The molecule has 19 heavy (non-hydrogen) atoms. The van der Waals surface area contributed by atoms with Crippen molar-refractivity contribution in [2.45, 2.75) is 46.1 Å². The fourth-order valence-electron chi connectivity index (χ4n) is 2.86. The summed E-state index contributed by atoms with van der Waals surface area (Å²) in [4.78, 5) is 6.97. The van der Waals surface area contributed by atoms with Crippen molar-refractivity contribution in [3.05, 3.63) is 24.0 Å². The molecule has 106 valence electrons. The van der Waals surface area contributed by atoms with Crippen LogP contribution in [0.15, 0.2) is 18.3 Å². The highest BCUT2D eigenvalue weighted by atomic mass is 15.2. The molecule has 0 aliphatic carbocycles. The Kier molecular flexibility index (Phi) is 5.64. The molecule has 1 aromatic rings. The molecule has 0 spiro atoms. The van der Waals surface area contributed by atoms with Crippen molar-refractivity contribution in [1.82, 2.24) is 10.3 Å². The number of anilines is 1. The quantitative estimate of drug-likeness (QED) is 0.764. The molecule has 3 heteroatoms. The molecule has 1 atom stereocenters. The minimum atomic E-state index is 0.883. The maximum absolute atomic E-state index is 4.45. The van der Waals surface area contributed by atoms with Gasteiger partial charge in [0.25, 0.3) is 0 Å². The van der Waals surface area contributed by atoms with Crippen LogP contribution in [0.1, 0.15) is 45.2 Å². The summed E-state index contributed by atoms with van der Waals surface area (Å²) in [7, 11) is 0. The van der Waals surface area contributed by atoms with Gasteiger partial charge < -0.3 is 10.2 Å². The third kappa shape index (κ3) is 4.20. The van der Waals surface area contributed by atoms with Crippen LogP contribution in [0.2, 0.25) is 0 Å². The van der Waals surface area contributed by atoms with Crippen molar-refractivity contribution in [2.24, 2.45) is 5.92 Å². The smallest absolute Gasteiger partial charge is 0.0562 e. The van der Waals surface area contributed by atoms with Gasteiger partial charge in [-0.25, -0.2) is 0 Å². The van der Waals surface area contributed by atoms with Gasteiger partial charge in [-0.3, -0.25) is 4.98 Å². The van der Waals surface area contributed by atoms with Crippen LogP contribution in [0.25, 0.3) is 0 Å². The summed E-state index contributed by atoms with van der Waals surface area (Å²) in [6.07, 6.45) is 7.14. The zero-order chi connectivity index (χ0) is 13.5. The molecule has 1 unspecified atom stereocenters. The molecule has 1 aliphatic heterocycles. The van der Waals surface area contributed by atoms with E-state index in [0.29, 0.717) is 0 Å². The molecule has 2 rings (SSSR count). The highest BCUT2D eigenvalue weighted by Gasteiger charge is 2.21. The number of aromatic nitrogens is 1. The fraction of sp³-hybridized carbons (Fsp3) is 0.688. The number of pyridine rings is 1. The standard InChI is InChI=1S/C16H27N3/c1-3-5-14-7-10-19(13-14)16-6-9-18-15(11-16)12-17-8-4-2/h6,9,11,14,17H,3-5,7-8,10,12-13H2,1-2H3. The molecule has 0 radical (unpaired) electrons. The molecule has 3 nitrogen and oxygen atoms in total. The Morgan fingerprint density at radius 1 is 1.37 bits per heavy atom. The van der Waals surface area contributed by atoms with Gasteiger partial charge in [-0.1, -0.05) is 20.3 Å². The third-order valence-electron chi connectivity index (χ3n) is 3.88. The van der Waals surface area contributed by atoms with Crippen LogP contribution in [0.5, 0.6) is 0 Å². The molecule has 2 heterocycles. The number of hydrogen-bond acceptors (Lipinski definition) is 3. The molecule has 1 fully saturated rings. The zero-order valence-electron chi connectivity index (χ0n) is 12.4. The Labute approximate surface area is 117 Å². The van der Waals surface area contributed by atoms with E-state index in [1.807, 2.05) is 6.20 Å². The Morgan fingerprint density at radius 2 is 2.26 bits per heavy atom. The van der Waals surface area contributed by atoms with Crippen molar-refractivity contribution in [1.29, 1.82) is 0 Å². The largest absolute Gasteiger partial charge is 0.371 e. The minimum Gasteiger partial charge on any atom is -0.371 e. The maximum Gasteiger partial charge on any atom is 0.0562 e. The van der Waals surface area contributed by atoms with Gasteiger partial charge in [-0.2, -0.15) is 0 Å². The highest BCUT2D eigenvalue weighted by molar-refractivity contribution is 5.47. The van der Waals surface area contributed by atoms with Crippen molar-refractivity contribution in [2.75, 3.05) is 24.5 Å². The minimum absolute atomic E-state index is 0.883. The van der Waals surface area contributed by atoms with Gasteiger partial charge in [0.05, 0.1) is 5.69 Å². The molecular formula is C16H27N3. The van der Waals surface area contributed by atoms with Crippen LogP contribution >= 0.6 is 0 Å². The molecule has 1 N–H and O–H groups in total. The Balaban J connectivity index is 1.91. The summed E-state index contributed by atoms with van der Waals surface area (Å²) < 4.78 is 0. The number of nitrogens with one attached hydrogen (secondary N) is 1.